The zero-order valence-electron chi connectivity index (χ0n) is 10.1. The lowest BCUT2D eigenvalue weighted by Crippen LogP contribution is -2.37. The molecule has 4 nitrogen and oxygen atoms in total. The number of amides is 1. The Labute approximate surface area is 105 Å². The van der Waals surface area contributed by atoms with E-state index in [2.05, 4.69) is 0 Å². The normalized spacial score (nSPS) is 19.6. The van der Waals surface area contributed by atoms with Crippen molar-refractivity contribution in [3.63, 3.8) is 0 Å². The van der Waals surface area contributed by atoms with Gasteiger partial charge in [0, 0.05) is 24.5 Å². The van der Waals surface area contributed by atoms with Crippen molar-refractivity contribution < 1.29 is 9.90 Å². The number of hydrogen-bond donors (Lipinski definition) is 1. The van der Waals surface area contributed by atoms with Gasteiger partial charge in [-0.05, 0) is 31.0 Å². The first-order chi connectivity index (χ1) is 8.79. The predicted octanol–water partition coefficient (Wildman–Crippen LogP) is 1.54. The molecule has 0 spiro atoms. The molecule has 1 saturated heterocycles. The van der Waals surface area contributed by atoms with E-state index < -0.39 is 0 Å². The Morgan fingerprint density at radius 3 is 3.11 bits per heavy atom. The number of likely N-dealkylation sites (tertiary alicyclic amines) is 1. The molecule has 1 atom stereocenters. The highest BCUT2D eigenvalue weighted by atomic mass is 16.3. The molecular weight excluding hydrogens is 228 g/mol. The van der Waals surface area contributed by atoms with E-state index in [0.717, 1.165) is 24.9 Å². The van der Waals surface area contributed by atoms with Crippen LogP contribution < -0.4 is 0 Å². The minimum Gasteiger partial charge on any atom is -0.394 e. The molecular formula is C14H16N2O2. The molecule has 0 bridgehead atoms. The second-order valence-electron chi connectivity index (χ2n) is 4.74. The molecule has 1 N–H and O–H groups in total. The van der Waals surface area contributed by atoms with Gasteiger partial charge in [0.05, 0.1) is 18.2 Å². The topological polar surface area (TPSA) is 45.0 Å². The summed E-state index contributed by atoms with van der Waals surface area (Å²) < 4.78 is 1.94. The summed E-state index contributed by atoms with van der Waals surface area (Å²) in [6.07, 6.45) is 5.66. The molecule has 0 aliphatic carbocycles. The van der Waals surface area contributed by atoms with E-state index in [0.29, 0.717) is 5.56 Å². The zero-order valence-corrected chi connectivity index (χ0v) is 10.1. The lowest BCUT2D eigenvalue weighted by molar-refractivity contribution is 0.0678. The first-order valence-electron chi connectivity index (χ1n) is 6.28. The number of fused-ring (bicyclic) bond motifs is 1. The number of pyridine rings is 1. The summed E-state index contributed by atoms with van der Waals surface area (Å²) in [5.74, 6) is 0.0234. The quantitative estimate of drug-likeness (QED) is 0.871. The van der Waals surface area contributed by atoms with E-state index >= 15 is 0 Å². The Morgan fingerprint density at radius 1 is 1.44 bits per heavy atom. The van der Waals surface area contributed by atoms with E-state index in [-0.39, 0.29) is 18.6 Å². The minimum atomic E-state index is -0.0134. The van der Waals surface area contributed by atoms with Crippen LogP contribution in [0.4, 0.5) is 0 Å². The molecule has 2 aromatic rings. The van der Waals surface area contributed by atoms with Gasteiger partial charge in [0.15, 0.2) is 0 Å². The van der Waals surface area contributed by atoms with Crippen molar-refractivity contribution in [2.24, 2.45) is 0 Å². The highest BCUT2D eigenvalue weighted by molar-refractivity contribution is 5.96. The number of nitrogens with zero attached hydrogens (tertiary/aromatic N) is 2. The predicted molar refractivity (Wildman–Crippen MR) is 68.5 cm³/mol. The number of carbonyl (C=O) groups is 1. The molecule has 3 rings (SSSR count). The van der Waals surface area contributed by atoms with Gasteiger partial charge in [0.2, 0.25) is 0 Å². The Morgan fingerprint density at radius 2 is 2.33 bits per heavy atom. The molecule has 1 unspecified atom stereocenters. The van der Waals surface area contributed by atoms with Crippen molar-refractivity contribution in [2.45, 2.75) is 18.9 Å². The zero-order chi connectivity index (χ0) is 12.5. The van der Waals surface area contributed by atoms with Crippen molar-refractivity contribution in [1.29, 1.82) is 0 Å². The van der Waals surface area contributed by atoms with Crippen molar-refractivity contribution in [3.8, 4) is 0 Å². The van der Waals surface area contributed by atoms with Crippen LogP contribution in [0.2, 0.25) is 0 Å². The van der Waals surface area contributed by atoms with Crippen LogP contribution >= 0.6 is 0 Å². The van der Waals surface area contributed by atoms with Crippen LogP contribution in [0.1, 0.15) is 23.2 Å². The standard InChI is InChI=1S/C14H16N2O2/c17-10-13-5-3-7-16(13)14(18)11-8-12-4-1-2-6-15(12)9-11/h1-2,4,6,8-9,13,17H,3,5,7,10H2. The Hall–Kier alpha value is -1.81. The van der Waals surface area contributed by atoms with Gasteiger partial charge < -0.3 is 14.4 Å². The lowest BCUT2D eigenvalue weighted by Gasteiger charge is -2.22. The Balaban J connectivity index is 1.91. The molecule has 4 heteroatoms. The van der Waals surface area contributed by atoms with Crippen molar-refractivity contribution >= 4 is 11.4 Å². The molecule has 2 aromatic heterocycles. The van der Waals surface area contributed by atoms with Gasteiger partial charge >= 0.3 is 0 Å². The van der Waals surface area contributed by atoms with Crippen LogP contribution in [0.15, 0.2) is 36.7 Å². The monoisotopic (exact) mass is 244 g/mol. The number of aromatic nitrogens is 1. The number of rotatable bonds is 2. The maximum absolute atomic E-state index is 12.4. The summed E-state index contributed by atoms with van der Waals surface area (Å²) in [4.78, 5) is 14.2. The van der Waals surface area contributed by atoms with Gasteiger partial charge in [-0.25, -0.2) is 0 Å². The number of carbonyl (C=O) groups excluding carboxylic acids is 1. The van der Waals surface area contributed by atoms with Crippen LogP contribution in [-0.2, 0) is 0 Å². The smallest absolute Gasteiger partial charge is 0.255 e. The summed E-state index contributed by atoms with van der Waals surface area (Å²) in [7, 11) is 0. The van der Waals surface area contributed by atoms with E-state index in [1.807, 2.05) is 41.1 Å². The Bertz CT molecular complexity index is 543. The van der Waals surface area contributed by atoms with Crippen LogP contribution in [0.25, 0.3) is 5.52 Å². The molecule has 1 fully saturated rings. The first kappa shape index (κ1) is 11.3. The van der Waals surface area contributed by atoms with Crippen LogP contribution in [0, 0.1) is 0 Å². The van der Waals surface area contributed by atoms with E-state index in [9.17, 15) is 9.90 Å². The molecule has 1 amide bonds. The van der Waals surface area contributed by atoms with E-state index in [1.54, 1.807) is 4.90 Å². The van der Waals surface area contributed by atoms with Gasteiger partial charge in [0.1, 0.15) is 0 Å². The average molecular weight is 244 g/mol. The lowest BCUT2D eigenvalue weighted by atomic mass is 10.2. The van der Waals surface area contributed by atoms with Gasteiger partial charge in [-0.15, -0.1) is 0 Å². The third-order valence-electron chi connectivity index (χ3n) is 3.60. The number of hydrogen-bond acceptors (Lipinski definition) is 2. The fourth-order valence-electron chi connectivity index (χ4n) is 2.63. The van der Waals surface area contributed by atoms with Gasteiger partial charge in [0.25, 0.3) is 5.91 Å². The largest absolute Gasteiger partial charge is 0.394 e. The third-order valence-corrected chi connectivity index (χ3v) is 3.60. The maximum Gasteiger partial charge on any atom is 0.255 e. The highest BCUT2D eigenvalue weighted by Gasteiger charge is 2.29. The molecule has 0 aromatic carbocycles. The molecule has 0 radical (unpaired) electrons. The van der Waals surface area contributed by atoms with Crippen molar-refractivity contribution in [2.75, 3.05) is 13.2 Å². The molecule has 18 heavy (non-hydrogen) atoms. The summed E-state index contributed by atoms with van der Waals surface area (Å²) in [6, 6.07) is 7.75. The van der Waals surface area contributed by atoms with Gasteiger partial charge in [-0.3, -0.25) is 4.79 Å². The minimum absolute atomic E-state index is 0.0134. The van der Waals surface area contributed by atoms with Crippen molar-refractivity contribution in [3.05, 3.63) is 42.2 Å². The molecule has 1 aliphatic rings. The second-order valence-corrected chi connectivity index (χ2v) is 4.74. The summed E-state index contributed by atoms with van der Waals surface area (Å²) in [5.41, 5.74) is 1.71. The van der Waals surface area contributed by atoms with Gasteiger partial charge in [-0.1, -0.05) is 6.07 Å². The highest BCUT2D eigenvalue weighted by Crippen LogP contribution is 2.21. The molecule has 94 valence electrons. The van der Waals surface area contributed by atoms with Crippen LogP contribution in [0.3, 0.4) is 0 Å². The summed E-state index contributed by atoms with van der Waals surface area (Å²) in [5, 5.41) is 9.27. The van der Waals surface area contributed by atoms with Gasteiger partial charge in [-0.2, -0.15) is 0 Å². The van der Waals surface area contributed by atoms with Crippen molar-refractivity contribution in [1.82, 2.24) is 9.30 Å². The summed E-state index contributed by atoms with van der Waals surface area (Å²) in [6.45, 7) is 0.801. The maximum atomic E-state index is 12.4. The Kier molecular flexibility index (Phi) is 2.80. The van der Waals surface area contributed by atoms with Crippen LogP contribution in [0.5, 0.6) is 0 Å². The average Bonchev–Trinajstić information content (AvgIpc) is 3.03. The third kappa shape index (κ3) is 1.78. The summed E-state index contributed by atoms with van der Waals surface area (Å²) >= 11 is 0. The fraction of sp³-hybridized carbons (Fsp3) is 0.357. The number of aliphatic hydroxyl groups is 1. The molecule has 3 heterocycles. The molecule has 0 saturated carbocycles. The first-order valence-corrected chi connectivity index (χ1v) is 6.28. The second kappa shape index (κ2) is 4.46. The van der Waals surface area contributed by atoms with E-state index in [1.165, 1.54) is 0 Å². The molecule has 1 aliphatic heterocycles. The van der Waals surface area contributed by atoms with Crippen LogP contribution in [-0.4, -0.2) is 39.5 Å². The number of aliphatic hydroxyl groups excluding tert-OH is 1. The van der Waals surface area contributed by atoms with E-state index in [4.69, 9.17) is 0 Å². The fourth-order valence-corrected chi connectivity index (χ4v) is 2.63. The SMILES string of the molecule is O=C(c1cc2ccccn2c1)N1CCCC1CO.